The maximum Gasteiger partial charge on any atom is 0.417 e. The molecule has 1 saturated heterocycles. The summed E-state index contributed by atoms with van der Waals surface area (Å²) in [5.74, 6) is -0.547. The van der Waals surface area contributed by atoms with Crippen LogP contribution in [0.15, 0.2) is 42.5 Å². The number of alkyl halides is 3. The molecular formula is C17H12ClF3N2O2S. The molecular weight excluding hydrogens is 389 g/mol. The molecule has 26 heavy (non-hydrogen) atoms. The molecule has 2 aromatic rings. The van der Waals surface area contributed by atoms with Crippen molar-refractivity contribution in [1.82, 2.24) is 0 Å². The predicted molar refractivity (Wildman–Crippen MR) is 95.5 cm³/mol. The summed E-state index contributed by atoms with van der Waals surface area (Å²) >= 11 is 6.29. The first kappa shape index (κ1) is 18.6. The number of nitrogens with zero attached hydrogens (tertiary/aromatic N) is 1. The fourth-order valence-corrected chi connectivity index (χ4v) is 3.61. The topological polar surface area (TPSA) is 49.4 Å². The van der Waals surface area contributed by atoms with E-state index in [9.17, 15) is 22.8 Å². The Morgan fingerprint density at radius 1 is 1.15 bits per heavy atom. The zero-order chi connectivity index (χ0) is 19.1. The molecule has 1 fully saturated rings. The van der Waals surface area contributed by atoms with Gasteiger partial charge in [0.1, 0.15) is 0 Å². The third-order valence-corrected chi connectivity index (χ3v) is 4.94. The van der Waals surface area contributed by atoms with E-state index in [2.05, 4.69) is 5.32 Å². The number of benzene rings is 2. The normalized spacial score (nSPS) is 17.7. The average molecular weight is 401 g/mol. The van der Waals surface area contributed by atoms with Crippen LogP contribution in [0.1, 0.15) is 11.1 Å². The van der Waals surface area contributed by atoms with Crippen molar-refractivity contribution in [2.45, 2.75) is 18.5 Å². The van der Waals surface area contributed by atoms with Gasteiger partial charge in [0, 0.05) is 5.69 Å². The van der Waals surface area contributed by atoms with Gasteiger partial charge in [0.25, 0.3) is 11.1 Å². The number of aryl methyl sites for hydroxylation is 1. The Balaban J connectivity index is 1.84. The molecule has 2 aromatic carbocycles. The number of carbonyl (C=O) groups excluding carboxylic acids is 2. The minimum absolute atomic E-state index is 0.0477. The van der Waals surface area contributed by atoms with Gasteiger partial charge in [0.15, 0.2) is 5.37 Å². The first-order valence-corrected chi connectivity index (χ1v) is 8.67. The summed E-state index contributed by atoms with van der Waals surface area (Å²) in [5.41, 5.74) is 0.328. The monoisotopic (exact) mass is 400 g/mol. The highest BCUT2D eigenvalue weighted by molar-refractivity contribution is 8.16. The second-order valence-corrected chi connectivity index (χ2v) is 7.08. The molecule has 1 aliphatic rings. The average Bonchev–Trinajstić information content (AvgIpc) is 2.82. The van der Waals surface area contributed by atoms with Crippen LogP contribution in [0.3, 0.4) is 0 Å². The fraction of sp³-hybridized carbons (Fsp3) is 0.176. The number of amides is 2. The molecule has 0 spiro atoms. The van der Waals surface area contributed by atoms with E-state index < -0.39 is 33.3 Å². The molecule has 0 saturated carbocycles. The van der Waals surface area contributed by atoms with Gasteiger partial charge in [-0.2, -0.15) is 13.2 Å². The number of anilines is 2. The van der Waals surface area contributed by atoms with Gasteiger partial charge in [-0.3, -0.25) is 9.59 Å². The van der Waals surface area contributed by atoms with Crippen LogP contribution in [0.2, 0.25) is 5.02 Å². The molecule has 0 aromatic heterocycles. The number of nitrogens with one attached hydrogen (secondary N) is 1. The Hall–Kier alpha value is -2.19. The molecule has 1 aliphatic heterocycles. The number of imide groups is 1. The second-order valence-electron chi connectivity index (χ2n) is 5.61. The first-order chi connectivity index (χ1) is 12.2. The van der Waals surface area contributed by atoms with Crippen LogP contribution in [0.5, 0.6) is 0 Å². The van der Waals surface area contributed by atoms with Crippen molar-refractivity contribution < 1.29 is 22.8 Å². The van der Waals surface area contributed by atoms with Gasteiger partial charge in [-0.15, -0.1) is 0 Å². The van der Waals surface area contributed by atoms with Crippen molar-refractivity contribution in [3.8, 4) is 0 Å². The van der Waals surface area contributed by atoms with Gasteiger partial charge < -0.3 is 5.32 Å². The molecule has 4 nitrogen and oxygen atoms in total. The van der Waals surface area contributed by atoms with E-state index in [1.165, 1.54) is 6.07 Å². The van der Waals surface area contributed by atoms with Crippen LogP contribution in [0.25, 0.3) is 0 Å². The Morgan fingerprint density at radius 3 is 2.54 bits per heavy atom. The number of halogens is 4. The summed E-state index contributed by atoms with van der Waals surface area (Å²) in [6.07, 6.45) is -4.62. The zero-order valence-electron chi connectivity index (χ0n) is 13.3. The molecule has 1 heterocycles. The van der Waals surface area contributed by atoms with E-state index >= 15 is 0 Å². The maximum absolute atomic E-state index is 13.0. The first-order valence-electron chi connectivity index (χ1n) is 7.41. The predicted octanol–water partition coefficient (Wildman–Crippen LogP) is 5.31. The summed E-state index contributed by atoms with van der Waals surface area (Å²) in [6.45, 7) is 1.82. The lowest BCUT2D eigenvalue weighted by Crippen LogP contribution is -2.34. The number of hydrogen-bond donors (Lipinski definition) is 1. The van der Waals surface area contributed by atoms with Gasteiger partial charge in [0.2, 0.25) is 0 Å². The van der Waals surface area contributed by atoms with Crippen molar-refractivity contribution in [3.63, 3.8) is 0 Å². The van der Waals surface area contributed by atoms with Gasteiger partial charge >= 0.3 is 6.18 Å². The fourth-order valence-electron chi connectivity index (χ4n) is 2.49. The third kappa shape index (κ3) is 3.66. The third-order valence-electron chi connectivity index (χ3n) is 3.68. The van der Waals surface area contributed by atoms with Crippen molar-refractivity contribution >= 4 is 45.9 Å². The smallest absolute Gasteiger partial charge is 0.365 e. The highest BCUT2D eigenvalue weighted by Crippen LogP contribution is 2.38. The Kier molecular flexibility index (Phi) is 4.90. The number of thioether (sulfide) groups is 1. The lowest BCUT2D eigenvalue weighted by atomic mass is 10.2. The SMILES string of the molecule is Cc1cccc(N2C(=O)SC(Nc3ccc(Cl)c(C(F)(F)F)c3)C2=O)c1. The summed E-state index contributed by atoms with van der Waals surface area (Å²) in [6, 6.07) is 10.1. The molecule has 3 rings (SSSR count). The lowest BCUT2D eigenvalue weighted by molar-refractivity contribution is -0.137. The van der Waals surface area contributed by atoms with Gasteiger partial charge in [-0.05, 0) is 54.6 Å². The maximum atomic E-state index is 13.0. The number of rotatable bonds is 3. The van der Waals surface area contributed by atoms with Gasteiger partial charge in [-0.25, -0.2) is 4.90 Å². The molecule has 1 atom stereocenters. The van der Waals surface area contributed by atoms with Crippen LogP contribution in [0.4, 0.5) is 29.3 Å². The summed E-state index contributed by atoms with van der Waals surface area (Å²) < 4.78 is 38.9. The van der Waals surface area contributed by atoms with Crippen LogP contribution < -0.4 is 10.2 Å². The van der Waals surface area contributed by atoms with Crippen molar-refractivity contribution in [2.75, 3.05) is 10.2 Å². The Bertz CT molecular complexity index is 889. The highest BCUT2D eigenvalue weighted by Gasteiger charge is 2.41. The lowest BCUT2D eigenvalue weighted by Gasteiger charge is -2.16. The summed E-state index contributed by atoms with van der Waals surface area (Å²) in [5, 5.41) is 0.708. The largest absolute Gasteiger partial charge is 0.417 e. The van der Waals surface area contributed by atoms with Crippen molar-refractivity contribution in [3.05, 3.63) is 58.6 Å². The highest BCUT2D eigenvalue weighted by atomic mass is 35.5. The van der Waals surface area contributed by atoms with E-state index in [-0.39, 0.29) is 5.69 Å². The standard InChI is InChI=1S/C17H12ClF3N2O2S/c1-9-3-2-4-11(7-9)23-15(24)14(26-16(23)25)22-10-5-6-13(18)12(8-10)17(19,20)21/h2-8,14,22H,1H3. The molecule has 2 amide bonds. The molecule has 1 N–H and O–H groups in total. The second kappa shape index (κ2) is 6.85. The quantitative estimate of drug-likeness (QED) is 0.759. The Morgan fingerprint density at radius 2 is 1.88 bits per heavy atom. The van der Waals surface area contributed by atoms with E-state index in [4.69, 9.17) is 11.6 Å². The summed E-state index contributed by atoms with van der Waals surface area (Å²) in [7, 11) is 0. The van der Waals surface area contributed by atoms with Crippen LogP contribution in [-0.4, -0.2) is 16.5 Å². The van der Waals surface area contributed by atoms with Gasteiger partial charge in [-0.1, -0.05) is 23.7 Å². The van der Waals surface area contributed by atoms with E-state index in [1.54, 1.807) is 18.2 Å². The van der Waals surface area contributed by atoms with Crippen LogP contribution in [-0.2, 0) is 11.0 Å². The zero-order valence-corrected chi connectivity index (χ0v) is 14.9. The van der Waals surface area contributed by atoms with Gasteiger partial charge in [0.05, 0.1) is 16.3 Å². The number of carbonyl (C=O) groups is 2. The van der Waals surface area contributed by atoms with Crippen molar-refractivity contribution in [2.24, 2.45) is 0 Å². The minimum atomic E-state index is -4.62. The number of hydrogen-bond acceptors (Lipinski definition) is 4. The molecule has 0 radical (unpaired) electrons. The molecule has 1 unspecified atom stereocenters. The molecule has 0 aliphatic carbocycles. The van der Waals surface area contributed by atoms with E-state index in [0.717, 1.165) is 22.6 Å². The Labute approximate surface area is 156 Å². The summed E-state index contributed by atoms with van der Waals surface area (Å²) in [4.78, 5) is 25.8. The van der Waals surface area contributed by atoms with Crippen molar-refractivity contribution in [1.29, 1.82) is 0 Å². The molecule has 136 valence electrons. The van der Waals surface area contributed by atoms with Crippen LogP contribution >= 0.6 is 23.4 Å². The van der Waals surface area contributed by atoms with E-state index in [1.807, 2.05) is 13.0 Å². The van der Waals surface area contributed by atoms with Crippen LogP contribution in [0, 0.1) is 6.92 Å². The minimum Gasteiger partial charge on any atom is -0.365 e. The molecule has 9 heteroatoms. The molecule has 0 bridgehead atoms. The van der Waals surface area contributed by atoms with E-state index in [0.29, 0.717) is 17.4 Å².